The van der Waals surface area contributed by atoms with Crippen LogP contribution in [0.15, 0.2) is 0 Å². The van der Waals surface area contributed by atoms with Gasteiger partial charge in [-0.15, -0.1) is 0 Å². The lowest BCUT2D eigenvalue weighted by Crippen LogP contribution is -2.54. The van der Waals surface area contributed by atoms with Gasteiger partial charge in [0.05, 0.1) is 13.1 Å². The lowest BCUT2D eigenvalue weighted by Gasteiger charge is -2.47. The number of carboxylic acid groups (broad SMARTS) is 2. The minimum absolute atomic E-state index is 0.0946. The van der Waals surface area contributed by atoms with Gasteiger partial charge in [0.1, 0.15) is 0 Å². The van der Waals surface area contributed by atoms with E-state index < -0.39 is 11.9 Å². The van der Waals surface area contributed by atoms with Crippen molar-refractivity contribution in [3.05, 3.63) is 0 Å². The fraction of sp³-hybridized carbons (Fsp3) is 0.800. The molecule has 86 valence electrons. The van der Waals surface area contributed by atoms with Gasteiger partial charge in [-0.1, -0.05) is 13.8 Å². The minimum Gasteiger partial charge on any atom is -0.480 e. The molecule has 1 fully saturated rings. The Morgan fingerprint density at radius 3 is 1.80 bits per heavy atom. The Balaban J connectivity index is 2.62. The van der Waals surface area contributed by atoms with Crippen molar-refractivity contribution in [2.75, 3.05) is 13.1 Å². The summed E-state index contributed by atoms with van der Waals surface area (Å²) >= 11 is 0. The first-order chi connectivity index (χ1) is 6.91. The molecule has 1 rings (SSSR count). The van der Waals surface area contributed by atoms with Gasteiger partial charge in [-0.3, -0.25) is 14.5 Å². The van der Waals surface area contributed by atoms with E-state index in [0.29, 0.717) is 11.8 Å². The average Bonchev–Trinajstić information content (AvgIpc) is 2.00. The third-order valence-corrected chi connectivity index (χ3v) is 3.01. The van der Waals surface area contributed by atoms with E-state index in [2.05, 4.69) is 0 Å². The normalized spacial score (nSPS) is 29.9. The Labute approximate surface area is 88.7 Å². The second-order valence-electron chi connectivity index (χ2n) is 4.37. The summed E-state index contributed by atoms with van der Waals surface area (Å²) in [5.41, 5.74) is 0. The van der Waals surface area contributed by atoms with E-state index in [4.69, 9.17) is 10.2 Å². The molecule has 15 heavy (non-hydrogen) atoms. The van der Waals surface area contributed by atoms with Crippen LogP contribution in [0.4, 0.5) is 0 Å². The summed E-state index contributed by atoms with van der Waals surface area (Å²) in [5.74, 6) is -1.16. The summed E-state index contributed by atoms with van der Waals surface area (Å²) in [6.45, 7) is 3.68. The monoisotopic (exact) mass is 215 g/mol. The Morgan fingerprint density at radius 1 is 1.13 bits per heavy atom. The number of hydrogen-bond donors (Lipinski definition) is 2. The molecule has 0 aromatic rings. The Kier molecular flexibility index (Phi) is 3.68. The largest absolute Gasteiger partial charge is 0.480 e. The molecule has 0 bridgehead atoms. The molecule has 2 N–H and O–H groups in total. The quantitative estimate of drug-likeness (QED) is 0.698. The first kappa shape index (κ1) is 12.0. The van der Waals surface area contributed by atoms with Gasteiger partial charge in [0.2, 0.25) is 0 Å². The summed E-state index contributed by atoms with van der Waals surface area (Å²) in [4.78, 5) is 22.8. The zero-order valence-corrected chi connectivity index (χ0v) is 9.01. The predicted molar refractivity (Wildman–Crippen MR) is 53.6 cm³/mol. The van der Waals surface area contributed by atoms with Gasteiger partial charge >= 0.3 is 11.9 Å². The molecule has 1 aliphatic rings. The summed E-state index contributed by atoms with van der Waals surface area (Å²) in [6.07, 6.45) is 1.04. The van der Waals surface area contributed by atoms with Crippen LogP contribution in [0.5, 0.6) is 0 Å². The minimum atomic E-state index is -0.970. The molecule has 5 nitrogen and oxygen atoms in total. The van der Waals surface area contributed by atoms with Crippen LogP contribution in [0.25, 0.3) is 0 Å². The second kappa shape index (κ2) is 4.61. The highest BCUT2D eigenvalue weighted by molar-refractivity contribution is 5.72. The van der Waals surface area contributed by atoms with E-state index in [1.165, 1.54) is 0 Å². The van der Waals surface area contributed by atoms with Crippen molar-refractivity contribution in [2.45, 2.75) is 26.3 Å². The maximum Gasteiger partial charge on any atom is 0.317 e. The molecule has 0 aliphatic heterocycles. The molecule has 5 heteroatoms. The van der Waals surface area contributed by atoms with E-state index in [9.17, 15) is 9.59 Å². The molecule has 0 radical (unpaired) electrons. The maximum absolute atomic E-state index is 10.6. The lowest BCUT2D eigenvalue weighted by atomic mass is 9.71. The van der Waals surface area contributed by atoms with Gasteiger partial charge in [-0.25, -0.2) is 0 Å². The molecule has 0 amide bonds. The number of rotatable bonds is 5. The van der Waals surface area contributed by atoms with Crippen LogP contribution in [0.1, 0.15) is 20.3 Å². The number of carboxylic acids is 2. The van der Waals surface area contributed by atoms with Gasteiger partial charge in [0.15, 0.2) is 0 Å². The van der Waals surface area contributed by atoms with Gasteiger partial charge in [-0.2, -0.15) is 0 Å². The highest BCUT2D eigenvalue weighted by atomic mass is 16.4. The smallest absolute Gasteiger partial charge is 0.317 e. The van der Waals surface area contributed by atoms with E-state index in [1.54, 1.807) is 4.90 Å². The van der Waals surface area contributed by atoms with Crippen LogP contribution in [-0.2, 0) is 9.59 Å². The highest BCUT2D eigenvalue weighted by Crippen LogP contribution is 2.37. The van der Waals surface area contributed by atoms with Crippen molar-refractivity contribution in [3.8, 4) is 0 Å². The first-order valence-electron chi connectivity index (χ1n) is 5.09. The summed E-state index contributed by atoms with van der Waals surface area (Å²) in [6, 6.07) is 0.0946. The molecular weight excluding hydrogens is 198 g/mol. The summed E-state index contributed by atoms with van der Waals surface area (Å²) in [5, 5.41) is 17.4. The van der Waals surface area contributed by atoms with Crippen LogP contribution in [0.2, 0.25) is 0 Å². The van der Waals surface area contributed by atoms with Crippen molar-refractivity contribution in [3.63, 3.8) is 0 Å². The molecule has 1 saturated carbocycles. The zero-order chi connectivity index (χ0) is 11.6. The predicted octanol–water partition coefficient (Wildman–Crippen LogP) is 0.502. The Morgan fingerprint density at radius 2 is 1.53 bits per heavy atom. The standard InChI is InChI=1S/C10H17NO4/c1-6-3-7(2)10(6)11(4-8(12)13)5-9(14)15/h6-7,10H,3-5H2,1-2H3,(H,12,13)(H,14,15). The number of hydrogen-bond acceptors (Lipinski definition) is 3. The fourth-order valence-electron chi connectivity index (χ4n) is 2.56. The number of aliphatic carboxylic acids is 2. The molecule has 2 unspecified atom stereocenters. The van der Waals surface area contributed by atoms with Crippen LogP contribution >= 0.6 is 0 Å². The number of carbonyl (C=O) groups is 2. The van der Waals surface area contributed by atoms with Crippen molar-refractivity contribution >= 4 is 11.9 Å². The molecule has 1 aliphatic carbocycles. The Bertz CT molecular complexity index is 242. The maximum atomic E-state index is 10.6. The summed E-state index contributed by atoms with van der Waals surface area (Å²) < 4.78 is 0. The third kappa shape index (κ3) is 2.92. The van der Waals surface area contributed by atoms with Crippen LogP contribution in [0, 0.1) is 11.8 Å². The molecule has 0 saturated heterocycles. The molecule has 0 spiro atoms. The van der Waals surface area contributed by atoms with Crippen LogP contribution in [0.3, 0.4) is 0 Å². The van der Waals surface area contributed by atoms with E-state index in [1.807, 2.05) is 13.8 Å². The van der Waals surface area contributed by atoms with E-state index in [0.717, 1.165) is 6.42 Å². The highest BCUT2D eigenvalue weighted by Gasteiger charge is 2.40. The van der Waals surface area contributed by atoms with Crippen LogP contribution < -0.4 is 0 Å². The van der Waals surface area contributed by atoms with Crippen molar-refractivity contribution in [1.29, 1.82) is 0 Å². The second-order valence-corrected chi connectivity index (χ2v) is 4.37. The first-order valence-corrected chi connectivity index (χ1v) is 5.09. The average molecular weight is 215 g/mol. The molecular formula is C10H17NO4. The molecule has 0 heterocycles. The fourth-order valence-corrected chi connectivity index (χ4v) is 2.56. The SMILES string of the molecule is CC1CC(C)C1N(CC(=O)O)CC(=O)O. The van der Waals surface area contributed by atoms with Gasteiger partial charge in [0, 0.05) is 6.04 Å². The third-order valence-electron chi connectivity index (χ3n) is 3.01. The topological polar surface area (TPSA) is 77.8 Å². The van der Waals surface area contributed by atoms with Crippen molar-refractivity contribution < 1.29 is 19.8 Å². The molecule has 0 aromatic carbocycles. The van der Waals surface area contributed by atoms with Crippen molar-refractivity contribution in [2.24, 2.45) is 11.8 Å². The molecule has 0 aromatic heterocycles. The van der Waals surface area contributed by atoms with Gasteiger partial charge < -0.3 is 10.2 Å². The lowest BCUT2D eigenvalue weighted by molar-refractivity contribution is -0.145. The zero-order valence-electron chi connectivity index (χ0n) is 9.01. The summed E-state index contributed by atoms with van der Waals surface area (Å²) in [7, 11) is 0. The Hall–Kier alpha value is -1.10. The van der Waals surface area contributed by atoms with E-state index >= 15 is 0 Å². The van der Waals surface area contributed by atoms with Gasteiger partial charge in [-0.05, 0) is 18.3 Å². The van der Waals surface area contributed by atoms with Gasteiger partial charge in [0.25, 0.3) is 0 Å². The van der Waals surface area contributed by atoms with E-state index in [-0.39, 0.29) is 19.1 Å². The van der Waals surface area contributed by atoms with Crippen LogP contribution in [-0.4, -0.2) is 46.2 Å². The molecule has 2 atom stereocenters. The van der Waals surface area contributed by atoms with Crippen molar-refractivity contribution in [1.82, 2.24) is 4.90 Å². The number of nitrogens with zero attached hydrogens (tertiary/aromatic N) is 1.